The van der Waals surface area contributed by atoms with E-state index in [1.807, 2.05) is 0 Å². The van der Waals surface area contributed by atoms with Crippen LogP contribution in [-0.4, -0.2) is 0 Å². The molecule has 1 heteroatoms. The second-order valence-electron chi connectivity index (χ2n) is 3.18. The molecule has 0 aromatic rings. The standard InChI is InChI=1S/C9H12.Zn/c1-2-8-5-7-3-4-9(8)6-7;/h2-4,7-9H,1,5-6H2;. The molecule has 0 aliphatic heterocycles. The molecular weight excluding hydrogens is 173 g/mol. The summed E-state index contributed by atoms with van der Waals surface area (Å²) in [6, 6.07) is 0. The fourth-order valence-electron chi connectivity index (χ4n) is 2.09. The first kappa shape index (κ1) is 8.20. The Kier molecular flexibility index (Phi) is 2.47. The Labute approximate surface area is 75.2 Å². The summed E-state index contributed by atoms with van der Waals surface area (Å²) in [5.41, 5.74) is 0. The number of allylic oxidation sites excluding steroid dienone is 3. The van der Waals surface area contributed by atoms with E-state index >= 15 is 0 Å². The summed E-state index contributed by atoms with van der Waals surface area (Å²) in [7, 11) is 0. The molecule has 3 atom stereocenters. The summed E-state index contributed by atoms with van der Waals surface area (Å²) in [4.78, 5) is 0. The molecule has 2 aliphatic rings. The van der Waals surface area contributed by atoms with Crippen LogP contribution >= 0.6 is 0 Å². The summed E-state index contributed by atoms with van der Waals surface area (Å²) in [5, 5.41) is 0. The Balaban J connectivity index is 0.000000500. The molecule has 0 saturated heterocycles. The van der Waals surface area contributed by atoms with E-state index in [-0.39, 0.29) is 19.5 Å². The van der Waals surface area contributed by atoms with E-state index in [1.165, 1.54) is 12.8 Å². The molecule has 0 N–H and O–H groups in total. The van der Waals surface area contributed by atoms with Crippen LogP contribution in [0.3, 0.4) is 0 Å². The number of rotatable bonds is 1. The Morgan fingerprint density at radius 1 is 1.30 bits per heavy atom. The van der Waals surface area contributed by atoms with Crippen molar-refractivity contribution in [3.63, 3.8) is 0 Å². The van der Waals surface area contributed by atoms with Gasteiger partial charge in [-0.15, -0.1) is 6.58 Å². The summed E-state index contributed by atoms with van der Waals surface area (Å²) in [6.45, 7) is 3.83. The molecule has 0 spiro atoms. The van der Waals surface area contributed by atoms with Gasteiger partial charge < -0.3 is 0 Å². The van der Waals surface area contributed by atoms with Crippen molar-refractivity contribution < 1.29 is 19.5 Å². The van der Waals surface area contributed by atoms with Crippen molar-refractivity contribution in [2.45, 2.75) is 12.8 Å². The number of hydrogen-bond donors (Lipinski definition) is 0. The van der Waals surface area contributed by atoms with Gasteiger partial charge >= 0.3 is 0 Å². The second kappa shape index (κ2) is 3.01. The van der Waals surface area contributed by atoms with Gasteiger partial charge in [-0.1, -0.05) is 18.2 Å². The first-order chi connectivity index (χ1) is 4.40. The Morgan fingerprint density at radius 2 is 2.10 bits per heavy atom. The van der Waals surface area contributed by atoms with Gasteiger partial charge in [-0.05, 0) is 30.6 Å². The largest absolute Gasteiger partial charge is 0.103 e. The molecule has 0 radical (unpaired) electrons. The Hall–Kier alpha value is 0.103. The van der Waals surface area contributed by atoms with Crippen LogP contribution < -0.4 is 0 Å². The minimum Gasteiger partial charge on any atom is -0.103 e. The van der Waals surface area contributed by atoms with E-state index in [0.29, 0.717) is 0 Å². The zero-order valence-corrected chi connectivity index (χ0v) is 9.26. The van der Waals surface area contributed by atoms with E-state index in [2.05, 4.69) is 24.8 Å². The molecule has 1 fully saturated rings. The van der Waals surface area contributed by atoms with Crippen LogP contribution in [-0.2, 0) is 19.5 Å². The van der Waals surface area contributed by atoms with Gasteiger partial charge in [0.15, 0.2) is 0 Å². The zero-order chi connectivity index (χ0) is 6.27. The van der Waals surface area contributed by atoms with Gasteiger partial charge in [0.25, 0.3) is 0 Å². The fourth-order valence-corrected chi connectivity index (χ4v) is 2.09. The summed E-state index contributed by atoms with van der Waals surface area (Å²) in [6.07, 6.45) is 9.61. The molecule has 0 heterocycles. The van der Waals surface area contributed by atoms with Crippen LogP contribution in [0.4, 0.5) is 0 Å². The summed E-state index contributed by atoms with van der Waals surface area (Å²) in [5.74, 6) is 2.56. The van der Waals surface area contributed by atoms with Gasteiger partial charge in [-0.2, -0.15) is 0 Å². The van der Waals surface area contributed by atoms with Gasteiger partial charge in [0.2, 0.25) is 0 Å². The third-order valence-electron chi connectivity index (χ3n) is 2.63. The van der Waals surface area contributed by atoms with Crippen LogP contribution in [0.15, 0.2) is 24.8 Å². The second-order valence-corrected chi connectivity index (χ2v) is 3.18. The SMILES string of the molecule is C=CC1CC2C=CC1C2.[Zn]. The van der Waals surface area contributed by atoms with E-state index < -0.39 is 0 Å². The quantitative estimate of drug-likeness (QED) is 0.435. The van der Waals surface area contributed by atoms with Crippen LogP contribution in [0.5, 0.6) is 0 Å². The zero-order valence-electron chi connectivity index (χ0n) is 6.29. The molecule has 0 aromatic heterocycles. The molecule has 0 amide bonds. The molecule has 50 valence electrons. The van der Waals surface area contributed by atoms with Crippen LogP contribution in [0.1, 0.15) is 12.8 Å². The molecule has 10 heavy (non-hydrogen) atoms. The average molecular weight is 186 g/mol. The molecule has 2 aliphatic carbocycles. The monoisotopic (exact) mass is 184 g/mol. The molecule has 0 aromatic carbocycles. The van der Waals surface area contributed by atoms with E-state index in [0.717, 1.165) is 17.8 Å². The predicted molar refractivity (Wildman–Crippen MR) is 39.0 cm³/mol. The molecule has 2 bridgehead atoms. The summed E-state index contributed by atoms with van der Waals surface area (Å²) < 4.78 is 0. The predicted octanol–water partition coefficient (Wildman–Crippen LogP) is 2.38. The van der Waals surface area contributed by atoms with E-state index in [4.69, 9.17) is 0 Å². The van der Waals surface area contributed by atoms with E-state index in [1.54, 1.807) is 0 Å². The maximum absolute atomic E-state index is 3.83. The maximum atomic E-state index is 3.83. The average Bonchev–Trinajstić information content (AvgIpc) is 2.45. The van der Waals surface area contributed by atoms with Gasteiger partial charge in [-0.3, -0.25) is 0 Å². The van der Waals surface area contributed by atoms with Crippen molar-refractivity contribution in [1.29, 1.82) is 0 Å². The molecule has 3 unspecified atom stereocenters. The van der Waals surface area contributed by atoms with Gasteiger partial charge in [0, 0.05) is 19.5 Å². The fraction of sp³-hybridized carbons (Fsp3) is 0.556. The third-order valence-corrected chi connectivity index (χ3v) is 2.63. The van der Waals surface area contributed by atoms with Gasteiger partial charge in [-0.25, -0.2) is 0 Å². The van der Waals surface area contributed by atoms with Crippen molar-refractivity contribution in [2.75, 3.05) is 0 Å². The van der Waals surface area contributed by atoms with Crippen LogP contribution in [0, 0.1) is 17.8 Å². The maximum Gasteiger partial charge on any atom is 0 e. The van der Waals surface area contributed by atoms with Crippen molar-refractivity contribution >= 4 is 0 Å². The molecular formula is C9H12Zn. The molecule has 0 nitrogen and oxygen atoms in total. The van der Waals surface area contributed by atoms with Crippen molar-refractivity contribution in [1.82, 2.24) is 0 Å². The Morgan fingerprint density at radius 3 is 2.40 bits per heavy atom. The van der Waals surface area contributed by atoms with Crippen LogP contribution in [0.25, 0.3) is 0 Å². The van der Waals surface area contributed by atoms with Crippen LogP contribution in [0.2, 0.25) is 0 Å². The topological polar surface area (TPSA) is 0 Å². The first-order valence-electron chi connectivity index (χ1n) is 3.71. The normalized spacial score (nSPS) is 41.4. The van der Waals surface area contributed by atoms with Crippen molar-refractivity contribution in [2.24, 2.45) is 17.8 Å². The van der Waals surface area contributed by atoms with Gasteiger partial charge in [0.1, 0.15) is 0 Å². The first-order valence-corrected chi connectivity index (χ1v) is 3.71. The molecule has 1 saturated carbocycles. The van der Waals surface area contributed by atoms with Crippen molar-refractivity contribution in [3.8, 4) is 0 Å². The molecule has 2 rings (SSSR count). The minimum atomic E-state index is 0. The smallest absolute Gasteiger partial charge is 0 e. The minimum absolute atomic E-state index is 0. The van der Waals surface area contributed by atoms with E-state index in [9.17, 15) is 0 Å². The van der Waals surface area contributed by atoms with Crippen molar-refractivity contribution in [3.05, 3.63) is 24.8 Å². The number of fused-ring (bicyclic) bond motifs is 2. The third kappa shape index (κ3) is 1.12. The number of hydrogen-bond acceptors (Lipinski definition) is 0. The van der Waals surface area contributed by atoms with Gasteiger partial charge in [0.05, 0.1) is 0 Å². The summed E-state index contributed by atoms with van der Waals surface area (Å²) >= 11 is 0. The Bertz CT molecular complexity index is 160.